The average molecular weight is 166 g/mol. The SMILES string of the molecule is CCc1cc(N)c(N)cc1CO. The van der Waals surface area contributed by atoms with Crippen LogP contribution in [0.2, 0.25) is 0 Å². The van der Waals surface area contributed by atoms with Gasteiger partial charge in [0.25, 0.3) is 0 Å². The van der Waals surface area contributed by atoms with Crippen molar-refractivity contribution in [3.8, 4) is 0 Å². The maximum Gasteiger partial charge on any atom is 0.0685 e. The molecule has 5 N–H and O–H groups in total. The molecule has 3 heteroatoms. The molecule has 1 aromatic carbocycles. The number of nitrogens with two attached hydrogens (primary N) is 2. The standard InChI is InChI=1S/C9H14N2O/c1-2-6-3-8(10)9(11)4-7(6)5-12/h3-4,12H,2,5,10-11H2,1H3. The van der Waals surface area contributed by atoms with E-state index in [0.717, 1.165) is 17.5 Å². The van der Waals surface area contributed by atoms with E-state index in [1.807, 2.05) is 13.0 Å². The molecule has 0 spiro atoms. The van der Waals surface area contributed by atoms with Crippen LogP contribution in [0.4, 0.5) is 11.4 Å². The molecule has 0 aliphatic heterocycles. The van der Waals surface area contributed by atoms with Crippen LogP contribution in [0.25, 0.3) is 0 Å². The number of nitrogen functional groups attached to an aromatic ring is 2. The molecule has 0 aliphatic rings. The molecule has 3 nitrogen and oxygen atoms in total. The smallest absolute Gasteiger partial charge is 0.0685 e. The van der Waals surface area contributed by atoms with E-state index in [1.54, 1.807) is 6.07 Å². The summed E-state index contributed by atoms with van der Waals surface area (Å²) in [6.07, 6.45) is 0.861. The highest BCUT2D eigenvalue weighted by Crippen LogP contribution is 2.21. The van der Waals surface area contributed by atoms with Gasteiger partial charge in [-0.1, -0.05) is 6.92 Å². The summed E-state index contributed by atoms with van der Waals surface area (Å²) in [5.41, 5.74) is 14.2. The predicted octanol–water partition coefficient (Wildman–Crippen LogP) is 0.906. The van der Waals surface area contributed by atoms with Crippen LogP contribution in [-0.2, 0) is 13.0 Å². The van der Waals surface area contributed by atoms with Crippen LogP contribution in [0.15, 0.2) is 12.1 Å². The van der Waals surface area contributed by atoms with Crippen LogP contribution in [0.5, 0.6) is 0 Å². The number of aliphatic hydroxyl groups is 1. The lowest BCUT2D eigenvalue weighted by Gasteiger charge is -2.08. The Morgan fingerprint density at radius 3 is 2.08 bits per heavy atom. The third-order valence-corrected chi connectivity index (χ3v) is 1.96. The second-order valence-corrected chi connectivity index (χ2v) is 2.76. The van der Waals surface area contributed by atoms with E-state index in [4.69, 9.17) is 16.6 Å². The molecule has 0 saturated heterocycles. The lowest BCUT2D eigenvalue weighted by Crippen LogP contribution is -2.00. The number of aryl methyl sites for hydroxylation is 1. The maximum atomic E-state index is 8.97. The van der Waals surface area contributed by atoms with Crippen LogP contribution in [0.3, 0.4) is 0 Å². The molecule has 1 rings (SSSR count). The molecule has 0 fully saturated rings. The Morgan fingerprint density at radius 1 is 1.17 bits per heavy atom. The lowest BCUT2D eigenvalue weighted by atomic mass is 10.0. The summed E-state index contributed by atoms with van der Waals surface area (Å²) < 4.78 is 0. The van der Waals surface area contributed by atoms with Crippen molar-refractivity contribution in [2.75, 3.05) is 11.5 Å². The van der Waals surface area contributed by atoms with Crippen LogP contribution < -0.4 is 11.5 Å². The van der Waals surface area contributed by atoms with Gasteiger partial charge in [-0.05, 0) is 29.7 Å². The van der Waals surface area contributed by atoms with Crippen LogP contribution in [0, 0.1) is 0 Å². The minimum Gasteiger partial charge on any atom is -0.397 e. The summed E-state index contributed by atoms with van der Waals surface area (Å²) >= 11 is 0. The molecule has 0 radical (unpaired) electrons. The fourth-order valence-corrected chi connectivity index (χ4v) is 1.20. The molecule has 12 heavy (non-hydrogen) atoms. The van der Waals surface area contributed by atoms with Crippen LogP contribution >= 0.6 is 0 Å². The van der Waals surface area contributed by atoms with Gasteiger partial charge in [0.1, 0.15) is 0 Å². The van der Waals surface area contributed by atoms with Crippen LogP contribution in [-0.4, -0.2) is 5.11 Å². The van der Waals surface area contributed by atoms with Crippen molar-refractivity contribution in [3.63, 3.8) is 0 Å². The first-order valence-electron chi connectivity index (χ1n) is 3.96. The van der Waals surface area contributed by atoms with E-state index in [1.165, 1.54) is 0 Å². The van der Waals surface area contributed by atoms with Crippen molar-refractivity contribution < 1.29 is 5.11 Å². The first-order valence-corrected chi connectivity index (χ1v) is 3.96. The van der Waals surface area contributed by atoms with E-state index in [0.29, 0.717) is 11.4 Å². The third kappa shape index (κ3) is 1.51. The summed E-state index contributed by atoms with van der Waals surface area (Å²) in [4.78, 5) is 0. The first-order chi connectivity index (χ1) is 5.69. The van der Waals surface area contributed by atoms with Gasteiger partial charge in [-0.3, -0.25) is 0 Å². The molecule has 0 amide bonds. The summed E-state index contributed by atoms with van der Waals surface area (Å²) in [7, 11) is 0. The summed E-state index contributed by atoms with van der Waals surface area (Å²) in [5, 5.41) is 8.97. The zero-order chi connectivity index (χ0) is 9.14. The quantitative estimate of drug-likeness (QED) is 0.572. The van der Waals surface area contributed by atoms with Crippen LogP contribution in [0.1, 0.15) is 18.1 Å². The molecular weight excluding hydrogens is 152 g/mol. The zero-order valence-corrected chi connectivity index (χ0v) is 7.17. The molecule has 0 atom stereocenters. The van der Waals surface area contributed by atoms with Gasteiger partial charge in [-0.15, -0.1) is 0 Å². The monoisotopic (exact) mass is 166 g/mol. The van der Waals surface area contributed by atoms with Gasteiger partial charge in [0.15, 0.2) is 0 Å². The van der Waals surface area contributed by atoms with Crippen molar-refractivity contribution in [2.24, 2.45) is 0 Å². The Balaban J connectivity index is 3.19. The minimum atomic E-state index is 0.0215. The summed E-state index contributed by atoms with van der Waals surface area (Å²) in [6, 6.07) is 3.55. The van der Waals surface area contributed by atoms with Gasteiger partial charge in [-0.2, -0.15) is 0 Å². The largest absolute Gasteiger partial charge is 0.397 e. The second kappa shape index (κ2) is 3.45. The predicted molar refractivity (Wildman–Crippen MR) is 50.6 cm³/mol. The Labute approximate surface area is 72.0 Å². The topological polar surface area (TPSA) is 72.3 Å². The molecule has 0 aromatic heterocycles. The van der Waals surface area contributed by atoms with E-state index >= 15 is 0 Å². The second-order valence-electron chi connectivity index (χ2n) is 2.76. The Morgan fingerprint density at radius 2 is 1.67 bits per heavy atom. The number of rotatable bonds is 2. The van der Waals surface area contributed by atoms with Gasteiger partial charge in [-0.25, -0.2) is 0 Å². The van der Waals surface area contributed by atoms with Gasteiger partial charge < -0.3 is 16.6 Å². The fraction of sp³-hybridized carbons (Fsp3) is 0.333. The van der Waals surface area contributed by atoms with Crippen molar-refractivity contribution in [1.29, 1.82) is 0 Å². The highest BCUT2D eigenvalue weighted by molar-refractivity contribution is 5.65. The molecular formula is C9H14N2O. The molecule has 0 saturated carbocycles. The van der Waals surface area contributed by atoms with Crippen molar-refractivity contribution in [1.82, 2.24) is 0 Å². The van der Waals surface area contributed by atoms with Crippen molar-refractivity contribution in [3.05, 3.63) is 23.3 Å². The van der Waals surface area contributed by atoms with E-state index in [-0.39, 0.29) is 6.61 Å². The van der Waals surface area contributed by atoms with Crippen molar-refractivity contribution in [2.45, 2.75) is 20.0 Å². The maximum absolute atomic E-state index is 8.97. The number of hydrogen-bond acceptors (Lipinski definition) is 3. The lowest BCUT2D eigenvalue weighted by molar-refractivity contribution is 0.281. The molecule has 0 aliphatic carbocycles. The van der Waals surface area contributed by atoms with Gasteiger partial charge in [0, 0.05) is 0 Å². The third-order valence-electron chi connectivity index (χ3n) is 1.96. The first kappa shape index (κ1) is 8.87. The molecule has 0 unspecified atom stereocenters. The average Bonchev–Trinajstić information content (AvgIpc) is 2.09. The van der Waals surface area contributed by atoms with E-state index in [2.05, 4.69) is 0 Å². The number of benzene rings is 1. The number of aliphatic hydroxyl groups excluding tert-OH is 1. The molecule has 66 valence electrons. The highest BCUT2D eigenvalue weighted by atomic mass is 16.3. The van der Waals surface area contributed by atoms with E-state index < -0.39 is 0 Å². The number of hydrogen-bond donors (Lipinski definition) is 3. The Bertz CT molecular complexity index is 255. The van der Waals surface area contributed by atoms with E-state index in [9.17, 15) is 0 Å². The Hall–Kier alpha value is -1.22. The molecule has 0 heterocycles. The fourth-order valence-electron chi connectivity index (χ4n) is 1.20. The zero-order valence-electron chi connectivity index (χ0n) is 7.17. The van der Waals surface area contributed by atoms with Gasteiger partial charge >= 0.3 is 0 Å². The number of anilines is 2. The van der Waals surface area contributed by atoms with Gasteiger partial charge in [0.2, 0.25) is 0 Å². The summed E-state index contributed by atoms with van der Waals surface area (Å²) in [6.45, 7) is 2.04. The molecule has 1 aromatic rings. The summed E-state index contributed by atoms with van der Waals surface area (Å²) in [5.74, 6) is 0. The van der Waals surface area contributed by atoms with Crippen molar-refractivity contribution >= 4 is 11.4 Å². The normalized spacial score (nSPS) is 10.2. The molecule has 0 bridgehead atoms. The Kier molecular flexibility index (Phi) is 2.55. The highest BCUT2D eigenvalue weighted by Gasteiger charge is 2.02. The minimum absolute atomic E-state index is 0.0215. The van der Waals surface area contributed by atoms with Gasteiger partial charge in [0.05, 0.1) is 18.0 Å².